The first kappa shape index (κ1) is 12.1. The van der Waals surface area contributed by atoms with Crippen LogP contribution in [0.3, 0.4) is 0 Å². The maximum atomic E-state index is 11.6. The van der Waals surface area contributed by atoms with Gasteiger partial charge in [0.25, 0.3) is 0 Å². The fourth-order valence-electron chi connectivity index (χ4n) is 3.06. The van der Waals surface area contributed by atoms with Crippen molar-refractivity contribution in [1.29, 1.82) is 0 Å². The van der Waals surface area contributed by atoms with Crippen molar-refractivity contribution in [2.45, 2.75) is 12.2 Å². The van der Waals surface area contributed by atoms with E-state index in [1.165, 1.54) is 18.2 Å². The van der Waals surface area contributed by atoms with Gasteiger partial charge in [-0.05, 0) is 46.5 Å². The van der Waals surface area contributed by atoms with Crippen LogP contribution in [0.5, 0.6) is 0 Å². The van der Waals surface area contributed by atoms with Gasteiger partial charge in [0, 0.05) is 4.47 Å². The van der Waals surface area contributed by atoms with Crippen molar-refractivity contribution in [2.75, 3.05) is 7.11 Å². The molecule has 20 heavy (non-hydrogen) atoms. The predicted molar refractivity (Wildman–Crippen MR) is 76.7 cm³/mol. The fourth-order valence-corrected chi connectivity index (χ4v) is 3.44. The Morgan fingerprint density at radius 2 is 1.70 bits per heavy atom. The number of methoxy groups -OCH3 is 1. The summed E-state index contributed by atoms with van der Waals surface area (Å²) in [7, 11) is 1.39. The highest BCUT2D eigenvalue weighted by atomic mass is 79.9. The third-order valence-electron chi connectivity index (χ3n) is 3.96. The molecule has 0 radical (unpaired) electrons. The molecule has 0 fully saturated rings. The molecular weight excluding hydrogens is 320 g/mol. The van der Waals surface area contributed by atoms with Gasteiger partial charge in [0.15, 0.2) is 0 Å². The van der Waals surface area contributed by atoms with Crippen LogP contribution in [-0.2, 0) is 9.47 Å². The maximum absolute atomic E-state index is 11.6. The summed E-state index contributed by atoms with van der Waals surface area (Å²) >= 11 is 3.50. The van der Waals surface area contributed by atoms with E-state index >= 15 is 0 Å². The van der Waals surface area contributed by atoms with Crippen molar-refractivity contribution >= 4 is 21.9 Å². The SMILES string of the molecule is COC(=O)c1ccc2c(c1)[C@H]1O[C@@H]2c2ccc(Br)cc21. The van der Waals surface area contributed by atoms with Gasteiger partial charge in [0.2, 0.25) is 0 Å². The van der Waals surface area contributed by atoms with E-state index in [-0.39, 0.29) is 18.2 Å². The van der Waals surface area contributed by atoms with Crippen molar-refractivity contribution in [3.63, 3.8) is 0 Å². The molecule has 2 aliphatic rings. The molecule has 0 amide bonds. The molecule has 4 heteroatoms. The van der Waals surface area contributed by atoms with E-state index in [0.717, 1.165) is 15.6 Å². The van der Waals surface area contributed by atoms with Crippen molar-refractivity contribution in [2.24, 2.45) is 0 Å². The van der Waals surface area contributed by atoms with Gasteiger partial charge >= 0.3 is 5.97 Å². The van der Waals surface area contributed by atoms with Gasteiger partial charge in [-0.25, -0.2) is 4.79 Å². The normalized spacial score (nSPS) is 21.5. The van der Waals surface area contributed by atoms with Crippen molar-refractivity contribution in [1.82, 2.24) is 0 Å². The number of halogens is 1. The second kappa shape index (κ2) is 4.17. The van der Waals surface area contributed by atoms with Crippen LogP contribution in [0.4, 0.5) is 0 Å². The first-order valence-electron chi connectivity index (χ1n) is 6.36. The fraction of sp³-hybridized carbons (Fsp3) is 0.188. The Balaban J connectivity index is 1.85. The molecule has 0 N–H and O–H groups in total. The van der Waals surface area contributed by atoms with Crippen LogP contribution in [-0.4, -0.2) is 13.1 Å². The minimum absolute atomic E-state index is 0.00945. The summed E-state index contributed by atoms with van der Waals surface area (Å²) in [6, 6.07) is 11.9. The summed E-state index contributed by atoms with van der Waals surface area (Å²) in [5.41, 5.74) is 5.19. The first-order chi connectivity index (χ1) is 9.69. The number of rotatable bonds is 1. The third kappa shape index (κ3) is 1.52. The number of esters is 1. The lowest BCUT2D eigenvalue weighted by atomic mass is 9.85. The predicted octanol–water partition coefficient (Wildman–Crippen LogP) is 3.76. The van der Waals surface area contributed by atoms with Crippen LogP contribution < -0.4 is 0 Å². The van der Waals surface area contributed by atoms with E-state index < -0.39 is 0 Å². The van der Waals surface area contributed by atoms with Crippen LogP contribution >= 0.6 is 15.9 Å². The van der Waals surface area contributed by atoms with Gasteiger partial charge in [0.05, 0.1) is 12.7 Å². The molecule has 0 saturated heterocycles. The van der Waals surface area contributed by atoms with Gasteiger partial charge in [0.1, 0.15) is 12.2 Å². The molecule has 2 aromatic rings. The summed E-state index contributed by atoms with van der Waals surface area (Å²) in [6.45, 7) is 0. The van der Waals surface area contributed by atoms with Crippen molar-refractivity contribution in [3.05, 3.63) is 68.7 Å². The van der Waals surface area contributed by atoms with Crippen LogP contribution in [0, 0.1) is 0 Å². The van der Waals surface area contributed by atoms with Crippen LogP contribution in [0.1, 0.15) is 44.8 Å². The molecule has 3 nitrogen and oxygen atoms in total. The quantitative estimate of drug-likeness (QED) is 0.747. The molecule has 0 spiro atoms. The van der Waals surface area contributed by atoms with Gasteiger partial charge in [-0.15, -0.1) is 0 Å². The van der Waals surface area contributed by atoms with Gasteiger partial charge < -0.3 is 9.47 Å². The Hall–Kier alpha value is -1.65. The highest BCUT2D eigenvalue weighted by Crippen LogP contribution is 2.54. The second-order valence-electron chi connectivity index (χ2n) is 5.00. The zero-order valence-corrected chi connectivity index (χ0v) is 12.3. The lowest BCUT2D eigenvalue weighted by molar-refractivity contribution is 0.0600. The molecule has 100 valence electrons. The zero-order valence-electron chi connectivity index (χ0n) is 10.7. The molecule has 0 aliphatic carbocycles. The Morgan fingerprint density at radius 1 is 1.05 bits per heavy atom. The lowest BCUT2D eigenvalue weighted by Gasteiger charge is -2.16. The summed E-state index contributed by atoms with van der Waals surface area (Å²) < 4.78 is 11.9. The molecule has 2 aliphatic heterocycles. The molecule has 2 heterocycles. The summed E-state index contributed by atoms with van der Waals surface area (Å²) in [5.74, 6) is -0.315. The van der Waals surface area contributed by atoms with E-state index in [1.54, 1.807) is 6.07 Å². The first-order valence-corrected chi connectivity index (χ1v) is 7.15. The van der Waals surface area contributed by atoms with Crippen LogP contribution in [0.2, 0.25) is 0 Å². The average Bonchev–Trinajstić information content (AvgIpc) is 3.02. The number of hydrogen-bond acceptors (Lipinski definition) is 3. The molecule has 0 saturated carbocycles. The van der Waals surface area contributed by atoms with Crippen molar-refractivity contribution in [3.8, 4) is 0 Å². The molecule has 2 aromatic carbocycles. The minimum atomic E-state index is -0.315. The highest BCUT2D eigenvalue weighted by molar-refractivity contribution is 9.10. The molecule has 2 bridgehead atoms. The number of fused-ring (bicyclic) bond motifs is 8. The number of carbonyl (C=O) groups is 1. The monoisotopic (exact) mass is 330 g/mol. The molecule has 0 unspecified atom stereocenters. The largest absolute Gasteiger partial charge is 0.465 e. The average molecular weight is 331 g/mol. The number of carbonyl (C=O) groups excluding carboxylic acids is 1. The topological polar surface area (TPSA) is 35.5 Å². The van der Waals surface area contributed by atoms with E-state index in [9.17, 15) is 4.79 Å². The number of hydrogen-bond donors (Lipinski definition) is 0. The third-order valence-corrected chi connectivity index (χ3v) is 4.45. The van der Waals surface area contributed by atoms with E-state index in [2.05, 4.69) is 28.1 Å². The van der Waals surface area contributed by atoms with Crippen LogP contribution in [0.25, 0.3) is 0 Å². The van der Waals surface area contributed by atoms with Crippen molar-refractivity contribution < 1.29 is 14.3 Å². The molecular formula is C16H11BrO3. The summed E-state index contributed by atoms with van der Waals surface area (Å²) in [5, 5.41) is 0. The molecule has 0 aromatic heterocycles. The Bertz CT molecular complexity index is 738. The number of benzene rings is 2. The smallest absolute Gasteiger partial charge is 0.337 e. The van der Waals surface area contributed by atoms with E-state index in [1.807, 2.05) is 18.2 Å². The maximum Gasteiger partial charge on any atom is 0.337 e. The van der Waals surface area contributed by atoms with Gasteiger partial charge in [-0.1, -0.05) is 28.1 Å². The molecule has 4 rings (SSSR count). The Labute approximate surface area is 124 Å². The highest BCUT2D eigenvalue weighted by Gasteiger charge is 2.42. The van der Waals surface area contributed by atoms with E-state index in [0.29, 0.717) is 5.56 Å². The Kier molecular flexibility index (Phi) is 2.53. The zero-order chi connectivity index (χ0) is 13.9. The standard InChI is InChI=1S/C16H11BrO3/c1-19-16(18)8-2-4-10-12(6-8)15-13-7-9(17)3-5-11(13)14(10)20-15/h2-7,14-15H,1H3/t14-,15+/m0/s1. The van der Waals surface area contributed by atoms with Gasteiger partial charge in [-0.2, -0.15) is 0 Å². The second-order valence-corrected chi connectivity index (χ2v) is 5.92. The van der Waals surface area contributed by atoms with Crippen LogP contribution in [0.15, 0.2) is 40.9 Å². The molecule has 2 atom stereocenters. The van der Waals surface area contributed by atoms with Gasteiger partial charge in [-0.3, -0.25) is 0 Å². The summed E-state index contributed by atoms with van der Waals surface area (Å²) in [4.78, 5) is 11.6. The lowest BCUT2D eigenvalue weighted by Crippen LogP contribution is -2.07. The minimum Gasteiger partial charge on any atom is -0.465 e. The van der Waals surface area contributed by atoms with E-state index in [4.69, 9.17) is 9.47 Å². The summed E-state index contributed by atoms with van der Waals surface area (Å²) in [6.07, 6.45) is -0.0862. The Morgan fingerprint density at radius 3 is 2.45 bits per heavy atom. The number of ether oxygens (including phenoxy) is 2.